The number of pyridine rings is 1. The fourth-order valence-corrected chi connectivity index (χ4v) is 3.75. The van der Waals surface area contributed by atoms with Gasteiger partial charge in [0.05, 0.1) is 21.7 Å². The summed E-state index contributed by atoms with van der Waals surface area (Å²) in [5.74, 6) is 0.877. The summed E-state index contributed by atoms with van der Waals surface area (Å²) in [6, 6.07) is 18.5. The molecule has 0 saturated heterocycles. The lowest BCUT2D eigenvalue weighted by molar-refractivity contribution is -0.384. The molecule has 1 amide bonds. The number of para-hydroxylation sites is 1. The number of aromatic nitrogens is 1. The molecule has 1 aliphatic heterocycles. The zero-order valence-corrected chi connectivity index (χ0v) is 17.1. The Morgan fingerprint density at radius 3 is 2.66 bits per heavy atom. The summed E-state index contributed by atoms with van der Waals surface area (Å²) in [6.07, 6.45) is 0. The van der Waals surface area contributed by atoms with Crippen molar-refractivity contribution in [3.8, 4) is 22.8 Å². The van der Waals surface area contributed by atoms with Gasteiger partial charge in [-0.2, -0.15) is 0 Å². The Balaban J connectivity index is 1.55. The topological polar surface area (TPSA) is 104 Å². The third-order valence-corrected chi connectivity index (χ3v) is 5.33. The van der Waals surface area contributed by atoms with Gasteiger partial charge in [0.15, 0.2) is 11.5 Å². The van der Waals surface area contributed by atoms with Gasteiger partial charge in [0.2, 0.25) is 6.79 Å². The van der Waals surface area contributed by atoms with Crippen molar-refractivity contribution in [1.29, 1.82) is 0 Å². The molecule has 8 nitrogen and oxygen atoms in total. The number of nitro groups is 1. The van der Waals surface area contributed by atoms with Crippen LogP contribution in [0, 0.1) is 10.1 Å². The van der Waals surface area contributed by atoms with Crippen molar-refractivity contribution in [1.82, 2.24) is 4.98 Å². The van der Waals surface area contributed by atoms with E-state index in [1.807, 2.05) is 36.4 Å². The predicted octanol–water partition coefficient (Wildman–Crippen LogP) is 5.44. The summed E-state index contributed by atoms with van der Waals surface area (Å²) in [5, 5.41) is 14.3. The fourth-order valence-electron chi connectivity index (χ4n) is 3.50. The van der Waals surface area contributed by atoms with E-state index in [4.69, 9.17) is 26.1 Å². The normalized spacial score (nSPS) is 12.0. The van der Waals surface area contributed by atoms with Crippen molar-refractivity contribution in [3.05, 3.63) is 87.4 Å². The summed E-state index contributed by atoms with van der Waals surface area (Å²) in [7, 11) is 0. The van der Waals surface area contributed by atoms with E-state index in [2.05, 4.69) is 5.32 Å². The molecule has 2 heterocycles. The van der Waals surface area contributed by atoms with Crippen LogP contribution < -0.4 is 14.8 Å². The summed E-state index contributed by atoms with van der Waals surface area (Å²) >= 11 is 5.98. The highest BCUT2D eigenvalue weighted by Gasteiger charge is 2.19. The number of nitro benzene ring substituents is 1. The maximum atomic E-state index is 13.2. The third-order valence-electron chi connectivity index (χ3n) is 5.03. The van der Waals surface area contributed by atoms with Gasteiger partial charge in [-0.25, -0.2) is 4.98 Å². The van der Waals surface area contributed by atoms with Crippen LogP contribution in [0.3, 0.4) is 0 Å². The van der Waals surface area contributed by atoms with Gasteiger partial charge >= 0.3 is 0 Å². The van der Waals surface area contributed by atoms with Crippen LogP contribution in [0.2, 0.25) is 5.02 Å². The molecule has 1 aliphatic rings. The van der Waals surface area contributed by atoms with E-state index in [1.165, 1.54) is 18.2 Å². The van der Waals surface area contributed by atoms with E-state index in [-0.39, 0.29) is 17.5 Å². The van der Waals surface area contributed by atoms with E-state index < -0.39 is 10.8 Å². The molecule has 1 N–H and O–H groups in total. The Labute approximate surface area is 186 Å². The number of anilines is 1. The number of benzene rings is 3. The quantitative estimate of drug-likeness (QED) is 0.330. The van der Waals surface area contributed by atoms with Crippen LogP contribution in [0.5, 0.6) is 11.5 Å². The summed E-state index contributed by atoms with van der Waals surface area (Å²) in [6.45, 7) is 0.162. The second-order valence-electron chi connectivity index (χ2n) is 7.02. The van der Waals surface area contributed by atoms with Crippen LogP contribution in [0.25, 0.3) is 22.2 Å². The van der Waals surface area contributed by atoms with Crippen molar-refractivity contribution in [2.24, 2.45) is 0 Å². The van der Waals surface area contributed by atoms with Crippen molar-refractivity contribution < 1.29 is 19.2 Å². The van der Waals surface area contributed by atoms with Crippen LogP contribution in [-0.4, -0.2) is 22.6 Å². The summed E-state index contributed by atoms with van der Waals surface area (Å²) < 4.78 is 10.8. The van der Waals surface area contributed by atoms with E-state index in [0.29, 0.717) is 39.3 Å². The van der Waals surface area contributed by atoms with Crippen LogP contribution >= 0.6 is 11.6 Å². The summed E-state index contributed by atoms with van der Waals surface area (Å²) in [4.78, 5) is 28.3. The van der Waals surface area contributed by atoms with Gasteiger partial charge in [0.25, 0.3) is 11.6 Å². The molecule has 32 heavy (non-hydrogen) atoms. The van der Waals surface area contributed by atoms with Crippen molar-refractivity contribution in [2.75, 3.05) is 12.1 Å². The van der Waals surface area contributed by atoms with E-state index in [0.717, 1.165) is 5.56 Å². The third kappa shape index (κ3) is 3.57. The number of rotatable bonds is 4. The highest BCUT2D eigenvalue weighted by molar-refractivity contribution is 6.33. The maximum Gasteiger partial charge on any atom is 0.288 e. The van der Waals surface area contributed by atoms with Gasteiger partial charge in [-0.1, -0.05) is 29.8 Å². The van der Waals surface area contributed by atoms with Crippen LogP contribution in [0.15, 0.2) is 66.7 Å². The number of nitrogens with zero attached hydrogens (tertiary/aromatic N) is 2. The SMILES string of the molecule is O=C(Nc1ccc([N+](=O)[O-])c(Cl)c1)c1cc(-c2ccc3c(c2)OCO3)nc2ccccc12. The monoisotopic (exact) mass is 447 g/mol. The Bertz CT molecular complexity index is 1410. The molecule has 3 aromatic carbocycles. The molecule has 0 spiro atoms. The van der Waals surface area contributed by atoms with Crippen molar-refractivity contribution >= 4 is 39.8 Å². The molecule has 0 atom stereocenters. The van der Waals surface area contributed by atoms with Crippen LogP contribution in [0.1, 0.15) is 10.4 Å². The molecule has 0 aliphatic carbocycles. The zero-order chi connectivity index (χ0) is 22.2. The number of amides is 1. The molecule has 0 saturated carbocycles. The van der Waals surface area contributed by atoms with Gasteiger partial charge < -0.3 is 14.8 Å². The summed E-state index contributed by atoms with van der Waals surface area (Å²) in [5.41, 5.74) is 2.52. The largest absolute Gasteiger partial charge is 0.454 e. The highest BCUT2D eigenvalue weighted by atomic mass is 35.5. The first-order valence-electron chi connectivity index (χ1n) is 9.55. The molecule has 0 fully saturated rings. The number of carbonyl (C=O) groups is 1. The molecule has 4 aromatic rings. The molecule has 0 unspecified atom stereocenters. The molecule has 9 heteroatoms. The Kier molecular flexibility index (Phi) is 4.84. The number of fused-ring (bicyclic) bond motifs is 2. The van der Waals surface area contributed by atoms with Crippen LogP contribution in [-0.2, 0) is 0 Å². The van der Waals surface area contributed by atoms with Gasteiger partial charge in [-0.15, -0.1) is 0 Å². The smallest absolute Gasteiger partial charge is 0.288 e. The predicted molar refractivity (Wildman–Crippen MR) is 119 cm³/mol. The average molecular weight is 448 g/mol. The minimum atomic E-state index is -0.581. The molecule has 158 valence electrons. The lowest BCUT2D eigenvalue weighted by atomic mass is 10.0. The first-order chi connectivity index (χ1) is 15.5. The maximum absolute atomic E-state index is 13.2. The molecule has 1 aromatic heterocycles. The van der Waals surface area contributed by atoms with Gasteiger partial charge in [0, 0.05) is 22.7 Å². The lowest BCUT2D eigenvalue weighted by Crippen LogP contribution is -2.13. The minimum Gasteiger partial charge on any atom is -0.454 e. The number of halogens is 1. The second kappa shape index (κ2) is 7.82. The number of ether oxygens (including phenoxy) is 2. The Morgan fingerprint density at radius 1 is 1.03 bits per heavy atom. The number of nitrogens with one attached hydrogen (secondary N) is 1. The molecular weight excluding hydrogens is 434 g/mol. The number of carbonyl (C=O) groups excluding carboxylic acids is 1. The Morgan fingerprint density at radius 2 is 1.84 bits per heavy atom. The molecular formula is C23H14ClN3O5. The van der Waals surface area contributed by atoms with Crippen LogP contribution in [0.4, 0.5) is 11.4 Å². The fraction of sp³-hybridized carbons (Fsp3) is 0.0435. The first-order valence-corrected chi connectivity index (χ1v) is 9.92. The molecule has 5 rings (SSSR count). The standard InChI is InChI=1S/C23H14ClN3O5/c24-17-10-14(6-7-20(17)27(29)30)25-23(28)16-11-19(26-18-4-2-1-3-15(16)18)13-5-8-21-22(9-13)32-12-31-21/h1-11H,12H2,(H,25,28). The van der Waals surface area contributed by atoms with E-state index in [9.17, 15) is 14.9 Å². The van der Waals surface area contributed by atoms with Gasteiger partial charge in [-0.3, -0.25) is 14.9 Å². The molecule has 0 radical (unpaired) electrons. The Hall–Kier alpha value is -4.17. The minimum absolute atomic E-state index is 0.0616. The average Bonchev–Trinajstić information content (AvgIpc) is 3.26. The number of hydrogen-bond acceptors (Lipinski definition) is 6. The van der Waals surface area contributed by atoms with E-state index >= 15 is 0 Å². The van der Waals surface area contributed by atoms with Crippen molar-refractivity contribution in [2.45, 2.75) is 0 Å². The van der Waals surface area contributed by atoms with Gasteiger partial charge in [-0.05, 0) is 42.5 Å². The number of hydrogen-bond donors (Lipinski definition) is 1. The second-order valence-corrected chi connectivity index (χ2v) is 7.42. The zero-order valence-electron chi connectivity index (χ0n) is 16.4. The van der Waals surface area contributed by atoms with Gasteiger partial charge in [0.1, 0.15) is 5.02 Å². The lowest BCUT2D eigenvalue weighted by Gasteiger charge is -2.11. The first kappa shape index (κ1) is 19.8. The molecule has 0 bridgehead atoms. The van der Waals surface area contributed by atoms with Crippen molar-refractivity contribution in [3.63, 3.8) is 0 Å². The van der Waals surface area contributed by atoms with E-state index in [1.54, 1.807) is 12.1 Å². The highest BCUT2D eigenvalue weighted by Crippen LogP contribution is 2.36.